The van der Waals surface area contributed by atoms with Crippen LogP contribution in [0.15, 0.2) is 78.9 Å². The van der Waals surface area contributed by atoms with Gasteiger partial charge in [-0.1, -0.05) is 103 Å². The van der Waals surface area contributed by atoms with Crippen LogP contribution in [-0.4, -0.2) is 26.8 Å². The van der Waals surface area contributed by atoms with Crippen LogP contribution in [0, 0.1) is 0 Å². The summed E-state index contributed by atoms with van der Waals surface area (Å²) in [5.74, 6) is -0.767. The number of hydrogen-bond acceptors (Lipinski definition) is 3. The number of benzene rings is 4. The number of carboxylic acid groups (broad SMARTS) is 1. The molecule has 4 aromatic carbocycles. The quantitative estimate of drug-likeness (QED) is 0.167. The molecule has 1 aromatic heterocycles. The number of carbonyl (C=O) groups is 2. The number of imidazole rings is 1. The fraction of sp³-hybridized carbons (Fsp3) is 0.156. The molecule has 2 N–H and O–H groups in total. The lowest BCUT2D eigenvalue weighted by molar-refractivity contribution is 0.0697. The first-order chi connectivity index (χ1) is 19.3. The molecule has 0 spiro atoms. The highest BCUT2D eigenvalue weighted by atomic mass is 35.5. The Bertz CT molecular complexity index is 1730. The number of nitrogens with one attached hydrogen (secondary N) is 1. The maximum Gasteiger partial charge on any atom is 0.336 e. The third-order valence-corrected chi connectivity index (χ3v) is 7.78. The monoisotopic (exact) mass is 590 g/mol. The standard InChI is InChI=1S/C32H25Cl3N2O3/c1-2-7-19(18-8-4-3-5-9-18)15-28(38)20-12-13-22(24(14-20)32(39)40)29-23(10-6-11-25(29)34)31-36-27-17-21(33)16-26(35)30(27)37-31/h3-6,8-14,16-17,19H,2,7,15H2,1H3,(H,36,37)(H,39,40)/t19-/m0/s1. The van der Waals surface area contributed by atoms with Crippen LogP contribution in [0.25, 0.3) is 33.5 Å². The van der Waals surface area contributed by atoms with Gasteiger partial charge in [-0.05, 0) is 47.7 Å². The zero-order valence-electron chi connectivity index (χ0n) is 21.5. The summed E-state index contributed by atoms with van der Waals surface area (Å²) in [4.78, 5) is 33.7. The predicted octanol–water partition coefficient (Wildman–Crippen LogP) is 9.71. The summed E-state index contributed by atoms with van der Waals surface area (Å²) in [5.41, 5.74) is 4.04. The van der Waals surface area contributed by atoms with Crippen LogP contribution in [0.3, 0.4) is 0 Å². The summed E-state index contributed by atoms with van der Waals surface area (Å²) in [5, 5.41) is 11.4. The molecule has 5 nitrogen and oxygen atoms in total. The Morgan fingerprint density at radius 1 is 0.900 bits per heavy atom. The molecule has 1 heterocycles. The van der Waals surface area contributed by atoms with Gasteiger partial charge in [0, 0.05) is 33.2 Å². The van der Waals surface area contributed by atoms with E-state index in [1.54, 1.807) is 42.5 Å². The number of aromatic nitrogens is 2. The van der Waals surface area contributed by atoms with Crippen molar-refractivity contribution in [2.45, 2.75) is 32.1 Å². The van der Waals surface area contributed by atoms with Crippen molar-refractivity contribution in [2.24, 2.45) is 0 Å². The van der Waals surface area contributed by atoms with Crippen LogP contribution in [0.1, 0.15) is 58.4 Å². The Kier molecular flexibility index (Phi) is 8.27. The Hall–Kier alpha value is -3.64. The van der Waals surface area contributed by atoms with Crippen molar-refractivity contribution in [3.8, 4) is 22.5 Å². The summed E-state index contributed by atoms with van der Waals surface area (Å²) < 4.78 is 0. The smallest absolute Gasteiger partial charge is 0.336 e. The number of aromatic carboxylic acids is 1. The minimum atomic E-state index is -1.16. The molecule has 5 rings (SSSR count). The Morgan fingerprint density at radius 2 is 1.68 bits per heavy atom. The van der Waals surface area contributed by atoms with Crippen molar-refractivity contribution >= 4 is 57.6 Å². The topological polar surface area (TPSA) is 83.0 Å². The van der Waals surface area contributed by atoms with Crippen molar-refractivity contribution in [1.82, 2.24) is 9.97 Å². The molecular formula is C32H25Cl3N2O3. The number of fused-ring (bicyclic) bond motifs is 1. The highest BCUT2D eigenvalue weighted by Crippen LogP contribution is 2.40. The van der Waals surface area contributed by atoms with Gasteiger partial charge in [0.05, 0.1) is 16.1 Å². The average Bonchev–Trinajstić information content (AvgIpc) is 3.37. The molecule has 202 valence electrons. The first-order valence-corrected chi connectivity index (χ1v) is 14.0. The molecule has 0 aliphatic carbocycles. The molecule has 40 heavy (non-hydrogen) atoms. The summed E-state index contributed by atoms with van der Waals surface area (Å²) in [7, 11) is 0. The summed E-state index contributed by atoms with van der Waals surface area (Å²) >= 11 is 19.2. The molecule has 0 fully saturated rings. The lowest BCUT2D eigenvalue weighted by atomic mass is 9.87. The van der Waals surface area contributed by atoms with E-state index < -0.39 is 5.97 Å². The van der Waals surface area contributed by atoms with Crippen molar-refractivity contribution in [2.75, 3.05) is 0 Å². The van der Waals surface area contributed by atoms with E-state index in [0.29, 0.717) is 54.2 Å². The molecule has 0 aliphatic heterocycles. The summed E-state index contributed by atoms with van der Waals surface area (Å²) in [6, 6.07) is 23.3. The van der Waals surface area contributed by atoms with Gasteiger partial charge in [-0.3, -0.25) is 4.79 Å². The maximum absolute atomic E-state index is 13.4. The molecule has 8 heteroatoms. The zero-order valence-corrected chi connectivity index (χ0v) is 23.8. The second-order valence-corrected chi connectivity index (χ2v) is 10.9. The van der Waals surface area contributed by atoms with Gasteiger partial charge in [0.15, 0.2) is 5.78 Å². The van der Waals surface area contributed by atoms with Crippen molar-refractivity contribution in [3.63, 3.8) is 0 Å². The third kappa shape index (κ3) is 5.64. The van der Waals surface area contributed by atoms with E-state index in [0.717, 1.165) is 18.4 Å². The Labute approximate surface area is 246 Å². The molecule has 0 amide bonds. The highest BCUT2D eigenvalue weighted by Gasteiger charge is 2.23. The van der Waals surface area contributed by atoms with E-state index in [-0.39, 0.29) is 23.7 Å². The van der Waals surface area contributed by atoms with Gasteiger partial charge in [-0.15, -0.1) is 0 Å². The molecule has 0 bridgehead atoms. The fourth-order valence-corrected chi connectivity index (χ4v) is 5.89. The van der Waals surface area contributed by atoms with E-state index in [1.807, 2.05) is 30.3 Å². The predicted molar refractivity (Wildman–Crippen MR) is 162 cm³/mol. The number of carbonyl (C=O) groups excluding carboxylic acids is 1. The number of hydrogen-bond donors (Lipinski definition) is 2. The molecule has 0 unspecified atom stereocenters. The molecule has 5 aromatic rings. The van der Waals surface area contributed by atoms with E-state index >= 15 is 0 Å². The van der Waals surface area contributed by atoms with Crippen molar-refractivity contribution < 1.29 is 14.7 Å². The SMILES string of the molecule is CCC[C@@H](CC(=O)c1ccc(-c2c(Cl)cccc2-c2nc3c(Cl)cc(Cl)cc3[nH]2)c(C(=O)O)c1)c1ccccc1. The van der Waals surface area contributed by atoms with E-state index in [1.165, 1.54) is 6.07 Å². The molecule has 1 atom stereocenters. The molecule has 0 saturated carbocycles. The molecular weight excluding hydrogens is 567 g/mol. The Morgan fingerprint density at radius 3 is 2.40 bits per heavy atom. The minimum Gasteiger partial charge on any atom is -0.478 e. The van der Waals surface area contributed by atoms with Crippen LogP contribution in [0.5, 0.6) is 0 Å². The van der Waals surface area contributed by atoms with Crippen LogP contribution >= 0.6 is 34.8 Å². The number of H-pyrrole nitrogens is 1. The van der Waals surface area contributed by atoms with Gasteiger partial charge in [-0.25, -0.2) is 9.78 Å². The van der Waals surface area contributed by atoms with Crippen molar-refractivity contribution in [3.05, 3.63) is 111 Å². The second-order valence-electron chi connectivity index (χ2n) is 9.62. The van der Waals surface area contributed by atoms with Crippen LogP contribution in [0.4, 0.5) is 0 Å². The van der Waals surface area contributed by atoms with Crippen LogP contribution in [-0.2, 0) is 0 Å². The Balaban J connectivity index is 1.56. The maximum atomic E-state index is 13.4. The van der Waals surface area contributed by atoms with Gasteiger partial charge in [0.2, 0.25) is 0 Å². The molecule has 0 aliphatic rings. The summed E-state index contributed by atoms with van der Waals surface area (Å²) in [6.45, 7) is 2.09. The number of carboxylic acids is 1. The normalized spacial score (nSPS) is 12.0. The van der Waals surface area contributed by atoms with Gasteiger partial charge < -0.3 is 10.1 Å². The van der Waals surface area contributed by atoms with Gasteiger partial charge in [-0.2, -0.15) is 0 Å². The number of aromatic amines is 1. The second kappa shape index (κ2) is 11.8. The van der Waals surface area contributed by atoms with Crippen LogP contribution < -0.4 is 0 Å². The van der Waals surface area contributed by atoms with E-state index in [2.05, 4.69) is 16.9 Å². The third-order valence-electron chi connectivity index (χ3n) is 6.95. The number of nitrogens with zero attached hydrogens (tertiary/aromatic N) is 1. The first kappa shape index (κ1) is 27.9. The van der Waals surface area contributed by atoms with Crippen molar-refractivity contribution in [1.29, 1.82) is 0 Å². The van der Waals surface area contributed by atoms with Gasteiger partial charge in [0.25, 0.3) is 0 Å². The summed E-state index contributed by atoms with van der Waals surface area (Å²) in [6.07, 6.45) is 2.08. The largest absolute Gasteiger partial charge is 0.478 e. The number of ketones is 1. The zero-order chi connectivity index (χ0) is 28.4. The highest BCUT2D eigenvalue weighted by molar-refractivity contribution is 6.38. The molecule has 0 radical (unpaired) electrons. The lowest BCUT2D eigenvalue weighted by Gasteiger charge is -2.17. The number of Topliss-reactive ketones (excluding diaryl/α,β-unsaturated/α-hetero) is 1. The van der Waals surface area contributed by atoms with Gasteiger partial charge in [0.1, 0.15) is 11.3 Å². The lowest BCUT2D eigenvalue weighted by Crippen LogP contribution is -2.10. The minimum absolute atomic E-state index is 0.0239. The van der Waals surface area contributed by atoms with E-state index in [4.69, 9.17) is 34.8 Å². The fourth-order valence-electron chi connectivity index (χ4n) is 5.08. The van der Waals surface area contributed by atoms with Gasteiger partial charge >= 0.3 is 5.97 Å². The number of rotatable bonds is 9. The van der Waals surface area contributed by atoms with Crippen LogP contribution in [0.2, 0.25) is 15.1 Å². The number of halogens is 3. The first-order valence-electron chi connectivity index (χ1n) is 12.9. The van der Waals surface area contributed by atoms with E-state index in [9.17, 15) is 14.7 Å². The average molecular weight is 592 g/mol. The molecule has 0 saturated heterocycles.